The molecular formula is C24H26BrN3O5. The summed E-state index contributed by atoms with van der Waals surface area (Å²) in [5, 5.41) is 4.93. The molecule has 1 heterocycles. The fourth-order valence-electron chi connectivity index (χ4n) is 3.20. The molecule has 0 bridgehead atoms. The first-order chi connectivity index (χ1) is 15.9. The number of hydrogen-bond donors (Lipinski definition) is 0. The number of carbonyl (C=O) groups excluding carboxylic acids is 1. The van der Waals surface area contributed by atoms with Gasteiger partial charge in [-0.25, -0.2) is 9.78 Å². The molecule has 0 fully saturated rings. The highest BCUT2D eigenvalue weighted by Gasteiger charge is 2.17. The van der Waals surface area contributed by atoms with Crippen LogP contribution in [-0.4, -0.2) is 42.2 Å². The molecule has 0 N–H and O–H groups in total. The van der Waals surface area contributed by atoms with E-state index in [0.29, 0.717) is 40.2 Å². The SMILES string of the molecule is CCCCc1nc2ccc(Br)cc2c(=O)n1N=Cc1ccc(O[C@H](C)C(=O)OC)c(OC)c1. The van der Waals surface area contributed by atoms with Crippen LogP contribution in [0.25, 0.3) is 10.9 Å². The number of esters is 1. The Hall–Kier alpha value is -3.20. The van der Waals surface area contributed by atoms with Crippen LogP contribution in [0, 0.1) is 0 Å². The van der Waals surface area contributed by atoms with E-state index in [9.17, 15) is 9.59 Å². The predicted octanol–water partition coefficient (Wildman–Crippen LogP) is 4.33. The Labute approximate surface area is 200 Å². The summed E-state index contributed by atoms with van der Waals surface area (Å²) >= 11 is 3.41. The molecule has 3 aromatic rings. The lowest BCUT2D eigenvalue weighted by atomic mass is 10.2. The van der Waals surface area contributed by atoms with Gasteiger partial charge in [-0.3, -0.25) is 4.79 Å². The molecule has 1 aromatic heterocycles. The van der Waals surface area contributed by atoms with E-state index in [0.717, 1.165) is 17.3 Å². The van der Waals surface area contributed by atoms with Gasteiger partial charge in [0.15, 0.2) is 17.6 Å². The molecule has 8 nitrogen and oxygen atoms in total. The number of aryl methyl sites for hydroxylation is 1. The number of hydrogen-bond acceptors (Lipinski definition) is 7. The Morgan fingerprint density at radius 2 is 2.00 bits per heavy atom. The summed E-state index contributed by atoms with van der Waals surface area (Å²) in [5.41, 5.74) is 1.10. The van der Waals surface area contributed by atoms with Gasteiger partial charge in [-0.15, -0.1) is 0 Å². The summed E-state index contributed by atoms with van der Waals surface area (Å²) in [6.07, 6.45) is 3.28. The third-order valence-electron chi connectivity index (χ3n) is 4.98. The summed E-state index contributed by atoms with van der Waals surface area (Å²) in [6.45, 7) is 3.68. The van der Waals surface area contributed by atoms with E-state index < -0.39 is 12.1 Å². The number of halogens is 1. The van der Waals surface area contributed by atoms with Gasteiger partial charge < -0.3 is 14.2 Å². The van der Waals surface area contributed by atoms with Crippen LogP contribution in [0.2, 0.25) is 0 Å². The molecular weight excluding hydrogens is 490 g/mol. The van der Waals surface area contributed by atoms with Gasteiger partial charge in [0, 0.05) is 10.9 Å². The Bertz CT molecular complexity index is 1240. The number of rotatable bonds is 9. The number of fused-ring (bicyclic) bond motifs is 1. The highest BCUT2D eigenvalue weighted by Crippen LogP contribution is 2.28. The van der Waals surface area contributed by atoms with E-state index in [2.05, 4.69) is 32.9 Å². The predicted molar refractivity (Wildman–Crippen MR) is 130 cm³/mol. The van der Waals surface area contributed by atoms with Gasteiger partial charge in [-0.2, -0.15) is 9.78 Å². The Morgan fingerprint density at radius 1 is 1.21 bits per heavy atom. The molecule has 0 radical (unpaired) electrons. The van der Waals surface area contributed by atoms with E-state index in [4.69, 9.17) is 14.2 Å². The van der Waals surface area contributed by atoms with E-state index >= 15 is 0 Å². The van der Waals surface area contributed by atoms with Crippen molar-refractivity contribution in [2.45, 2.75) is 39.2 Å². The number of nitrogens with zero attached hydrogens (tertiary/aromatic N) is 3. The maximum Gasteiger partial charge on any atom is 0.346 e. The van der Waals surface area contributed by atoms with Crippen molar-refractivity contribution in [3.63, 3.8) is 0 Å². The summed E-state index contributed by atoms with van der Waals surface area (Å²) in [6, 6.07) is 10.6. The maximum absolute atomic E-state index is 13.2. The quantitative estimate of drug-likeness (QED) is 0.311. The van der Waals surface area contributed by atoms with Gasteiger partial charge in [0.1, 0.15) is 5.82 Å². The second kappa shape index (κ2) is 11.1. The second-order valence-corrected chi connectivity index (χ2v) is 8.26. The average molecular weight is 516 g/mol. The minimum absolute atomic E-state index is 0.234. The molecule has 2 aromatic carbocycles. The monoisotopic (exact) mass is 515 g/mol. The van der Waals surface area contributed by atoms with Gasteiger partial charge in [0.25, 0.3) is 5.56 Å². The van der Waals surface area contributed by atoms with Crippen molar-refractivity contribution in [2.24, 2.45) is 5.10 Å². The molecule has 0 aliphatic carbocycles. The smallest absolute Gasteiger partial charge is 0.346 e. The van der Waals surface area contributed by atoms with Crippen molar-refractivity contribution in [1.29, 1.82) is 0 Å². The van der Waals surface area contributed by atoms with Crippen LogP contribution in [0.3, 0.4) is 0 Å². The standard InChI is InChI=1S/C24H26BrN3O5/c1-5-6-7-22-27-19-10-9-17(25)13-18(19)23(29)28(22)26-14-16-8-11-20(21(12-16)31-3)33-15(2)24(30)32-4/h8-15H,5-7H2,1-4H3/t15-/m1/s1. The second-order valence-electron chi connectivity index (χ2n) is 7.35. The first kappa shape index (κ1) is 24.4. The summed E-state index contributed by atoms with van der Waals surface area (Å²) in [7, 11) is 2.81. The van der Waals surface area contributed by atoms with Crippen LogP contribution < -0.4 is 15.0 Å². The normalized spacial score (nSPS) is 12.2. The van der Waals surface area contributed by atoms with Crippen LogP contribution in [-0.2, 0) is 16.0 Å². The van der Waals surface area contributed by atoms with Gasteiger partial charge in [0.05, 0.1) is 31.3 Å². The van der Waals surface area contributed by atoms with Crippen molar-refractivity contribution < 1.29 is 19.0 Å². The third-order valence-corrected chi connectivity index (χ3v) is 5.47. The number of unbranched alkanes of at least 4 members (excludes halogenated alkanes) is 1. The summed E-state index contributed by atoms with van der Waals surface area (Å²) < 4.78 is 17.9. The molecule has 0 aliphatic rings. The fraction of sp³-hybridized carbons (Fsp3) is 0.333. The lowest BCUT2D eigenvalue weighted by Gasteiger charge is -2.15. The largest absolute Gasteiger partial charge is 0.493 e. The number of methoxy groups -OCH3 is 2. The first-order valence-corrected chi connectivity index (χ1v) is 11.3. The topological polar surface area (TPSA) is 92.0 Å². The van der Waals surface area contributed by atoms with Crippen LogP contribution in [0.4, 0.5) is 0 Å². The number of benzene rings is 2. The minimum atomic E-state index is -0.786. The molecule has 0 saturated carbocycles. The fourth-order valence-corrected chi connectivity index (χ4v) is 3.56. The van der Waals surface area contributed by atoms with Crippen LogP contribution in [0.5, 0.6) is 11.5 Å². The van der Waals surface area contributed by atoms with Crippen molar-refractivity contribution in [3.05, 3.63) is 62.6 Å². The molecule has 0 unspecified atom stereocenters. The van der Waals surface area contributed by atoms with Gasteiger partial charge in [-0.1, -0.05) is 29.3 Å². The van der Waals surface area contributed by atoms with Crippen molar-refractivity contribution >= 4 is 39.0 Å². The van der Waals surface area contributed by atoms with Gasteiger partial charge >= 0.3 is 5.97 Å². The van der Waals surface area contributed by atoms with Gasteiger partial charge in [0.2, 0.25) is 0 Å². The van der Waals surface area contributed by atoms with Crippen LogP contribution in [0.1, 0.15) is 38.1 Å². The molecule has 3 rings (SSSR count). The molecule has 9 heteroatoms. The van der Waals surface area contributed by atoms with Crippen molar-refractivity contribution in [1.82, 2.24) is 9.66 Å². The zero-order valence-corrected chi connectivity index (χ0v) is 20.6. The molecule has 33 heavy (non-hydrogen) atoms. The molecule has 0 amide bonds. The molecule has 0 aliphatic heterocycles. The van der Waals surface area contributed by atoms with Crippen LogP contribution >= 0.6 is 15.9 Å². The third kappa shape index (κ3) is 5.78. The average Bonchev–Trinajstić information content (AvgIpc) is 2.82. The van der Waals surface area contributed by atoms with Crippen molar-refractivity contribution in [2.75, 3.05) is 14.2 Å². The molecule has 1 atom stereocenters. The number of carbonyl (C=O) groups is 1. The van der Waals surface area contributed by atoms with Crippen molar-refractivity contribution in [3.8, 4) is 11.5 Å². The number of ether oxygens (including phenoxy) is 3. The molecule has 174 valence electrons. The Morgan fingerprint density at radius 3 is 2.70 bits per heavy atom. The zero-order valence-electron chi connectivity index (χ0n) is 19.0. The lowest BCUT2D eigenvalue weighted by Crippen LogP contribution is -2.25. The van der Waals surface area contributed by atoms with E-state index in [1.165, 1.54) is 18.9 Å². The van der Waals surface area contributed by atoms with Crippen LogP contribution in [0.15, 0.2) is 50.8 Å². The zero-order chi connectivity index (χ0) is 24.0. The first-order valence-electron chi connectivity index (χ1n) is 10.6. The molecule has 0 spiro atoms. The summed E-state index contributed by atoms with van der Waals surface area (Å²) in [5.74, 6) is 0.934. The van der Waals surface area contributed by atoms with E-state index in [-0.39, 0.29) is 5.56 Å². The maximum atomic E-state index is 13.2. The highest BCUT2D eigenvalue weighted by atomic mass is 79.9. The Balaban J connectivity index is 1.98. The van der Waals surface area contributed by atoms with E-state index in [1.54, 1.807) is 37.4 Å². The highest BCUT2D eigenvalue weighted by molar-refractivity contribution is 9.10. The summed E-state index contributed by atoms with van der Waals surface area (Å²) in [4.78, 5) is 29.5. The lowest BCUT2D eigenvalue weighted by molar-refractivity contribution is -0.147. The Kier molecular flexibility index (Phi) is 8.21. The van der Waals surface area contributed by atoms with Gasteiger partial charge in [-0.05, 0) is 55.3 Å². The minimum Gasteiger partial charge on any atom is -0.493 e. The van der Waals surface area contributed by atoms with E-state index in [1.807, 2.05) is 12.1 Å². The number of aromatic nitrogens is 2. The molecule has 0 saturated heterocycles.